The summed E-state index contributed by atoms with van der Waals surface area (Å²) in [4.78, 5) is 13.5. The Balaban J connectivity index is 1.70. The van der Waals surface area contributed by atoms with E-state index in [1.807, 2.05) is 6.07 Å². The van der Waals surface area contributed by atoms with Crippen LogP contribution >= 0.6 is 11.3 Å². The Morgan fingerprint density at radius 1 is 1.41 bits per heavy atom. The summed E-state index contributed by atoms with van der Waals surface area (Å²) in [6, 6.07) is 1.82. The number of carbonyl (C=O) groups is 1. The molecule has 1 unspecified atom stereocenters. The summed E-state index contributed by atoms with van der Waals surface area (Å²) >= 11 is 1.74. The van der Waals surface area contributed by atoms with Gasteiger partial charge in [-0.3, -0.25) is 0 Å². The van der Waals surface area contributed by atoms with E-state index in [0.29, 0.717) is 0 Å². The summed E-state index contributed by atoms with van der Waals surface area (Å²) in [5, 5.41) is 5.33. The van der Waals surface area contributed by atoms with Gasteiger partial charge >= 0.3 is 5.97 Å². The van der Waals surface area contributed by atoms with E-state index in [0.717, 1.165) is 31.4 Å². The van der Waals surface area contributed by atoms with Gasteiger partial charge in [-0.15, -0.1) is 11.3 Å². The summed E-state index contributed by atoms with van der Waals surface area (Å²) in [6.45, 7) is 0.873. The number of hydrogen-bond donors (Lipinski definition) is 1. The largest absolute Gasteiger partial charge is 0.461 e. The van der Waals surface area contributed by atoms with Crippen LogP contribution in [0, 0.1) is 0 Å². The maximum absolute atomic E-state index is 12.1. The number of esters is 1. The van der Waals surface area contributed by atoms with Gasteiger partial charge in [-0.1, -0.05) is 0 Å². The van der Waals surface area contributed by atoms with Crippen LogP contribution in [0.5, 0.6) is 0 Å². The summed E-state index contributed by atoms with van der Waals surface area (Å²) in [5.74, 6) is -0.0868. The first-order valence-corrected chi connectivity index (χ1v) is 7.23. The van der Waals surface area contributed by atoms with E-state index in [1.54, 1.807) is 11.3 Å². The molecule has 3 nitrogen and oxygen atoms in total. The zero-order valence-corrected chi connectivity index (χ0v) is 10.6. The van der Waals surface area contributed by atoms with Crippen molar-refractivity contribution in [3.8, 4) is 0 Å². The molecule has 1 fully saturated rings. The second-order valence-corrected chi connectivity index (χ2v) is 5.78. The lowest BCUT2D eigenvalue weighted by Gasteiger charge is -2.24. The van der Waals surface area contributed by atoms with Crippen LogP contribution in [0.4, 0.5) is 0 Å². The molecule has 2 heterocycles. The van der Waals surface area contributed by atoms with Crippen molar-refractivity contribution < 1.29 is 9.53 Å². The van der Waals surface area contributed by atoms with Crippen LogP contribution in [-0.2, 0) is 16.0 Å². The van der Waals surface area contributed by atoms with Crippen LogP contribution in [0.2, 0.25) is 0 Å². The lowest BCUT2D eigenvalue weighted by molar-refractivity contribution is -0.151. The second kappa shape index (κ2) is 4.78. The van der Waals surface area contributed by atoms with Crippen LogP contribution in [0.25, 0.3) is 0 Å². The summed E-state index contributed by atoms with van der Waals surface area (Å²) in [6.07, 6.45) is 5.65. The van der Waals surface area contributed by atoms with Crippen molar-refractivity contribution in [3.05, 3.63) is 21.9 Å². The number of fused-ring (bicyclic) bond motifs is 1. The van der Waals surface area contributed by atoms with Gasteiger partial charge in [-0.25, -0.2) is 4.79 Å². The van der Waals surface area contributed by atoms with E-state index in [4.69, 9.17) is 4.74 Å². The Hall–Kier alpha value is -0.870. The summed E-state index contributed by atoms with van der Waals surface area (Å²) in [7, 11) is 0. The molecule has 0 spiro atoms. The first-order chi connectivity index (χ1) is 8.34. The number of thiophene rings is 1. The average molecular weight is 251 g/mol. The molecule has 1 aromatic rings. The molecule has 3 rings (SSSR count). The highest BCUT2D eigenvalue weighted by molar-refractivity contribution is 7.10. The fraction of sp³-hybridized carbons (Fsp3) is 0.615. The van der Waals surface area contributed by atoms with E-state index >= 15 is 0 Å². The van der Waals surface area contributed by atoms with Gasteiger partial charge in [0.1, 0.15) is 12.1 Å². The van der Waals surface area contributed by atoms with Gasteiger partial charge in [-0.05, 0) is 49.1 Å². The van der Waals surface area contributed by atoms with Crippen molar-refractivity contribution in [3.63, 3.8) is 0 Å². The van der Waals surface area contributed by atoms with Gasteiger partial charge in [0.15, 0.2) is 0 Å². The quantitative estimate of drug-likeness (QED) is 0.820. The molecule has 1 N–H and O–H groups in total. The Morgan fingerprint density at radius 3 is 3.06 bits per heavy atom. The standard InChI is InChI=1S/C13H17NO2S/c15-13(16-9-3-1-2-4-9)12-10-6-8-17-11(10)5-7-14-12/h6,8-9,12,14H,1-5,7H2. The summed E-state index contributed by atoms with van der Waals surface area (Å²) < 4.78 is 5.58. The van der Waals surface area contributed by atoms with Gasteiger partial charge in [0.05, 0.1) is 0 Å². The minimum atomic E-state index is -0.231. The number of carbonyl (C=O) groups excluding carboxylic acids is 1. The molecule has 1 aromatic heterocycles. The minimum Gasteiger partial charge on any atom is -0.461 e. The van der Waals surface area contributed by atoms with Crippen LogP contribution in [0.1, 0.15) is 42.2 Å². The Labute approximate surface area is 105 Å². The third-order valence-electron chi connectivity index (χ3n) is 3.61. The number of nitrogens with one attached hydrogen (secondary N) is 1. The summed E-state index contributed by atoms with van der Waals surface area (Å²) in [5.41, 5.74) is 1.13. The normalized spacial score (nSPS) is 24.6. The molecule has 92 valence electrons. The van der Waals surface area contributed by atoms with Gasteiger partial charge in [0.2, 0.25) is 0 Å². The molecule has 17 heavy (non-hydrogen) atoms. The first kappa shape index (κ1) is 11.2. The van der Waals surface area contributed by atoms with Crippen LogP contribution in [-0.4, -0.2) is 18.6 Å². The third-order valence-corrected chi connectivity index (χ3v) is 4.61. The number of ether oxygens (including phenoxy) is 1. The highest BCUT2D eigenvalue weighted by Gasteiger charge is 2.30. The van der Waals surface area contributed by atoms with E-state index in [1.165, 1.54) is 17.7 Å². The van der Waals surface area contributed by atoms with Crippen LogP contribution in [0.15, 0.2) is 11.4 Å². The third kappa shape index (κ3) is 2.24. The highest BCUT2D eigenvalue weighted by atomic mass is 32.1. The molecule has 1 aliphatic carbocycles. The van der Waals surface area contributed by atoms with Gasteiger partial charge in [0, 0.05) is 11.4 Å². The predicted octanol–water partition coefficient (Wildman–Crippen LogP) is 2.42. The zero-order chi connectivity index (χ0) is 11.7. The maximum atomic E-state index is 12.1. The molecule has 0 saturated heterocycles. The second-order valence-electron chi connectivity index (χ2n) is 4.78. The molecule has 1 aliphatic heterocycles. The Bertz CT molecular complexity index is 409. The van der Waals surface area contributed by atoms with Gasteiger partial charge in [-0.2, -0.15) is 0 Å². The fourth-order valence-electron chi connectivity index (χ4n) is 2.70. The van der Waals surface area contributed by atoms with Crippen molar-refractivity contribution in [1.82, 2.24) is 5.32 Å². The maximum Gasteiger partial charge on any atom is 0.328 e. The van der Waals surface area contributed by atoms with Gasteiger partial charge in [0.25, 0.3) is 0 Å². The predicted molar refractivity (Wildman–Crippen MR) is 67.1 cm³/mol. The zero-order valence-electron chi connectivity index (χ0n) is 9.78. The Kier molecular flexibility index (Phi) is 3.16. The van der Waals surface area contributed by atoms with Crippen LogP contribution in [0.3, 0.4) is 0 Å². The molecule has 0 amide bonds. The monoisotopic (exact) mass is 251 g/mol. The number of hydrogen-bond acceptors (Lipinski definition) is 4. The molecule has 0 aromatic carbocycles. The lowest BCUT2D eigenvalue weighted by Crippen LogP contribution is -2.36. The molecular formula is C13H17NO2S. The first-order valence-electron chi connectivity index (χ1n) is 6.35. The van der Waals surface area contributed by atoms with Crippen molar-refractivity contribution in [2.45, 2.75) is 44.2 Å². The molecule has 0 radical (unpaired) electrons. The van der Waals surface area contributed by atoms with E-state index in [-0.39, 0.29) is 18.1 Å². The lowest BCUT2D eigenvalue weighted by atomic mass is 10.0. The fourth-order valence-corrected chi connectivity index (χ4v) is 3.62. The van der Waals surface area contributed by atoms with E-state index in [2.05, 4.69) is 10.7 Å². The molecule has 2 aliphatic rings. The highest BCUT2D eigenvalue weighted by Crippen LogP contribution is 2.30. The van der Waals surface area contributed by atoms with E-state index < -0.39 is 0 Å². The van der Waals surface area contributed by atoms with Crippen molar-refractivity contribution in [2.24, 2.45) is 0 Å². The smallest absolute Gasteiger partial charge is 0.328 e. The average Bonchev–Trinajstić information content (AvgIpc) is 2.97. The van der Waals surface area contributed by atoms with Crippen molar-refractivity contribution in [1.29, 1.82) is 0 Å². The van der Waals surface area contributed by atoms with Crippen LogP contribution < -0.4 is 5.32 Å². The van der Waals surface area contributed by atoms with Crippen molar-refractivity contribution in [2.75, 3.05) is 6.54 Å². The molecule has 1 atom stereocenters. The van der Waals surface area contributed by atoms with Crippen molar-refractivity contribution >= 4 is 17.3 Å². The van der Waals surface area contributed by atoms with E-state index in [9.17, 15) is 4.79 Å². The molecular weight excluding hydrogens is 234 g/mol. The SMILES string of the molecule is O=C(OC1CCCC1)C1NCCc2sccc21. The minimum absolute atomic E-state index is 0.0868. The van der Waals surface area contributed by atoms with Gasteiger partial charge < -0.3 is 10.1 Å². The Morgan fingerprint density at radius 2 is 2.24 bits per heavy atom. The molecule has 4 heteroatoms. The molecule has 0 bridgehead atoms. The number of rotatable bonds is 2. The topological polar surface area (TPSA) is 38.3 Å². The molecule has 1 saturated carbocycles.